The van der Waals surface area contributed by atoms with E-state index in [0.29, 0.717) is 23.1 Å². The van der Waals surface area contributed by atoms with Crippen LogP contribution in [-0.2, 0) is 4.74 Å². The van der Waals surface area contributed by atoms with E-state index in [9.17, 15) is 4.79 Å². The molecule has 5 rings (SSSR count). The Morgan fingerprint density at radius 2 is 2.10 bits per heavy atom. The second kappa shape index (κ2) is 8.53. The predicted molar refractivity (Wildman–Crippen MR) is 123 cm³/mol. The minimum absolute atomic E-state index is 0.0945. The number of aryl methyl sites for hydroxylation is 1. The number of anilines is 1. The van der Waals surface area contributed by atoms with Crippen LogP contribution < -0.4 is 10.1 Å². The van der Waals surface area contributed by atoms with Crippen molar-refractivity contribution in [2.75, 3.05) is 18.5 Å². The molecule has 1 atom stereocenters. The van der Waals surface area contributed by atoms with Crippen molar-refractivity contribution in [2.45, 2.75) is 25.9 Å². The van der Waals surface area contributed by atoms with Crippen LogP contribution in [-0.4, -0.2) is 35.2 Å². The third-order valence-corrected chi connectivity index (χ3v) is 6.21. The van der Waals surface area contributed by atoms with E-state index in [1.54, 1.807) is 6.07 Å². The minimum atomic E-state index is -0.237. The summed E-state index contributed by atoms with van der Waals surface area (Å²) in [4.78, 5) is 21.0. The van der Waals surface area contributed by atoms with Crippen molar-refractivity contribution < 1.29 is 14.3 Å². The van der Waals surface area contributed by atoms with Crippen molar-refractivity contribution in [3.05, 3.63) is 65.2 Å². The van der Waals surface area contributed by atoms with Gasteiger partial charge in [-0.2, -0.15) is 0 Å². The quantitative estimate of drug-likeness (QED) is 0.426. The SMILES string of the molecule is Cc1[nH]c2ccccc2c1-c1csc(NC(=O)c2ccccc2OCC2CCCO2)n1. The first-order chi connectivity index (χ1) is 15.2. The third-order valence-electron chi connectivity index (χ3n) is 5.45. The predicted octanol–water partition coefficient (Wildman–Crippen LogP) is 5.41. The Balaban J connectivity index is 1.34. The largest absolute Gasteiger partial charge is 0.490 e. The molecule has 1 fully saturated rings. The summed E-state index contributed by atoms with van der Waals surface area (Å²) in [6.07, 6.45) is 2.14. The molecular formula is C24H23N3O3S. The van der Waals surface area contributed by atoms with E-state index in [1.807, 2.05) is 42.6 Å². The van der Waals surface area contributed by atoms with Gasteiger partial charge in [-0.05, 0) is 38.0 Å². The molecule has 4 aromatic rings. The van der Waals surface area contributed by atoms with Crippen LogP contribution in [0, 0.1) is 6.92 Å². The number of hydrogen-bond donors (Lipinski definition) is 2. The molecule has 1 saturated heterocycles. The second-order valence-corrected chi connectivity index (χ2v) is 8.46. The molecule has 0 radical (unpaired) electrons. The third kappa shape index (κ3) is 4.06. The normalized spacial score (nSPS) is 16.0. The summed E-state index contributed by atoms with van der Waals surface area (Å²) in [5.41, 5.74) is 4.52. The first kappa shape index (κ1) is 19.8. The van der Waals surface area contributed by atoms with Gasteiger partial charge in [-0.25, -0.2) is 4.98 Å². The van der Waals surface area contributed by atoms with Crippen LogP contribution in [0.5, 0.6) is 5.75 Å². The lowest BCUT2D eigenvalue weighted by atomic mass is 10.1. The molecule has 1 unspecified atom stereocenters. The standard InChI is InChI=1S/C24H23N3O3S/c1-15-22(17-8-2-4-10-19(17)25-15)20-14-31-24(26-20)27-23(28)18-9-3-5-11-21(18)30-13-16-7-6-12-29-16/h2-5,8-11,14,16,25H,6-7,12-13H2,1H3,(H,26,27,28). The summed E-state index contributed by atoms with van der Waals surface area (Å²) in [6, 6.07) is 15.4. The smallest absolute Gasteiger partial charge is 0.261 e. The number of carbonyl (C=O) groups is 1. The van der Waals surface area contributed by atoms with Crippen molar-refractivity contribution in [3.63, 3.8) is 0 Å². The Kier molecular flexibility index (Phi) is 5.44. The van der Waals surface area contributed by atoms with Gasteiger partial charge in [0.15, 0.2) is 5.13 Å². The van der Waals surface area contributed by atoms with Crippen LogP contribution in [0.2, 0.25) is 0 Å². The lowest BCUT2D eigenvalue weighted by molar-refractivity contribution is 0.0673. The van der Waals surface area contributed by atoms with Gasteiger partial charge in [-0.15, -0.1) is 11.3 Å². The van der Waals surface area contributed by atoms with Crippen molar-refractivity contribution in [1.29, 1.82) is 0 Å². The summed E-state index contributed by atoms with van der Waals surface area (Å²) in [7, 11) is 0. The first-order valence-corrected chi connectivity index (χ1v) is 11.2. The van der Waals surface area contributed by atoms with Gasteiger partial charge < -0.3 is 14.5 Å². The monoisotopic (exact) mass is 433 g/mol. The zero-order valence-corrected chi connectivity index (χ0v) is 18.0. The molecule has 158 valence electrons. The van der Waals surface area contributed by atoms with E-state index >= 15 is 0 Å². The second-order valence-electron chi connectivity index (χ2n) is 7.60. The Labute approximate surface area is 184 Å². The number of benzene rings is 2. The maximum absolute atomic E-state index is 12.9. The molecule has 0 spiro atoms. The topological polar surface area (TPSA) is 76.2 Å². The molecule has 1 aliphatic heterocycles. The van der Waals surface area contributed by atoms with Crippen molar-refractivity contribution in [1.82, 2.24) is 9.97 Å². The molecule has 0 bridgehead atoms. The lowest BCUT2D eigenvalue weighted by Crippen LogP contribution is -2.19. The fourth-order valence-corrected chi connectivity index (χ4v) is 4.65. The Morgan fingerprint density at radius 3 is 2.97 bits per heavy atom. The number of rotatable bonds is 6. The van der Waals surface area contributed by atoms with Gasteiger partial charge in [0.1, 0.15) is 12.4 Å². The van der Waals surface area contributed by atoms with Gasteiger partial charge in [-0.3, -0.25) is 10.1 Å². The molecule has 7 heteroatoms. The highest BCUT2D eigenvalue weighted by Gasteiger charge is 2.19. The summed E-state index contributed by atoms with van der Waals surface area (Å²) < 4.78 is 11.5. The molecule has 2 N–H and O–H groups in total. The number of thiazole rings is 1. The average Bonchev–Trinajstić information content (AvgIpc) is 3.52. The molecule has 31 heavy (non-hydrogen) atoms. The zero-order chi connectivity index (χ0) is 21.2. The van der Waals surface area contributed by atoms with Gasteiger partial charge in [0.2, 0.25) is 0 Å². The molecular weight excluding hydrogens is 410 g/mol. The van der Waals surface area contributed by atoms with Crippen LogP contribution in [0.15, 0.2) is 53.9 Å². The number of ether oxygens (including phenoxy) is 2. The van der Waals surface area contributed by atoms with Gasteiger partial charge in [0.25, 0.3) is 5.91 Å². The summed E-state index contributed by atoms with van der Waals surface area (Å²) in [5, 5.41) is 6.57. The van der Waals surface area contributed by atoms with Crippen molar-refractivity contribution >= 4 is 33.3 Å². The number of H-pyrrole nitrogens is 1. The van der Waals surface area contributed by atoms with E-state index in [2.05, 4.69) is 27.4 Å². The maximum atomic E-state index is 12.9. The first-order valence-electron chi connectivity index (χ1n) is 10.4. The van der Waals surface area contributed by atoms with Crippen LogP contribution in [0.3, 0.4) is 0 Å². The molecule has 1 amide bonds. The Bertz CT molecular complexity index is 1220. The van der Waals surface area contributed by atoms with Crippen LogP contribution >= 0.6 is 11.3 Å². The Hall–Kier alpha value is -3.16. The fraction of sp³-hybridized carbons (Fsp3) is 0.250. The Morgan fingerprint density at radius 1 is 1.26 bits per heavy atom. The number of hydrogen-bond acceptors (Lipinski definition) is 5. The highest BCUT2D eigenvalue weighted by atomic mass is 32.1. The van der Waals surface area contributed by atoms with Gasteiger partial charge in [0.05, 0.1) is 17.4 Å². The summed E-state index contributed by atoms with van der Waals surface area (Å²) in [6.45, 7) is 3.26. The number of amides is 1. The van der Waals surface area contributed by atoms with Gasteiger partial charge >= 0.3 is 0 Å². The van der Waals surface area contributed by atoms with Gasteiger partial charge in [-0.1, -0.05) is 30.3 Å². The van der Waals surface area contributed by atoms with Crippen LogP contribution in [0.4, 0.5) is 5.13 Å². The molecule has 0 saturated carbocycles. The van der Waals surface area contributed by atoms with Crippen LogP contribution in [0.1, 0.15) is 28.9 Å². The fourth-order valence-electron chi connectivity index (χ4n) is 3.96. The molecule has 2 aromatic carbocycles. The number of para-hydroxylation sites is 2. The molecule has 3 heterocycles. The molecule has 6 nitrogen and oxygen atoms in total. The highest BCUT2D eigenvalue weighted by Crippen LogP contribution is 2.34. The van der Waals surface area contributed by atoms with E-state index in [-0.39, 0.29) is 12.0 Å². The minimum Gasteiger partial charge on any atom is -0.490 e. The van der Waals surface area contributed by atoms with Crippen LogP contribution in [0.25, 0.3) is 22.2 Å². The van der Waals surface area contributed by atoms with E-state index in [1.165, 1.54) is 11.3 Å². The lowest BCUT2D eigenvalue weighted by Gasteiger charge is -2.14. The molecule has 2 aromatic heterocycles. The van der Waals surface area contributed by atoms with Gasteiger partial charge in [0, 0.05) is 34.1 Å². The number of carbonyl (C=O) groups excluding carboxylic acids is 1. The highest BCUT2D eigenvalue weighted by molar-refractivity contribution is 7.14. The average molecular weight is 434 g/mol. The van der Waals surface area contributed by atoms with E-state index < -0.39 is 0 Å². The number of aromatic amines is 1. The maximum Gasteiger partial charge on any atom is 0.261 e. The number of fused-ring (bicyclic) bond motifs is 1. The number of aromatic nitrogens is 2. The van der Waals surface area contributed by atoms with E-state index in [4.69, 9.17) is 9.47 Å². The number of nitrogens with zero attached hydrogens (tertiary/aromatic N) is 1. The van der Waals surface area contributed by atoms with Crippen molar-refractivity contribution in [2.24, 2.45) is 0 Å². The number of nitrogens with one attached hydrogen (secondary N) is 2. The summed E-state index contributed by atoms with van der Waals surface area (Å²) in [5.74, 6) is 0.319. The van der Waals surface area contributed by atoms with E-state index in [0.717, 1.165) is 47.3 Å². The zero-order valence-electron chi connectivity index (χ0n) is 17.2. The summed E-state index contributed by atoms with van der Waals surface area (Å²) >= 11 is 1.41. The molecule has 0 aliphatic carbocycles. The van der Waals surface area contributed by atoms with Crippen molar-refractivity contribution in [3.8, 4) is 17.0 Å². The molecule has 1 aliphatic rings.